The van der Waals surface area contributed by atoms with E-state index in [1.54, 1.807) is 0 Å². The molecule has 4 rings (SSSR count). The average molecular weight is 355 g/mol. The molecule has 3 aromatic rings. The van der Waals surface area contributed by atoms with E-state index in [4.69, 9.17) is 13.9 Å². The van der Waals surface area contributed by atoms with Crippen molar-refractivity contribution < 1.29 is 13.9 Å². The first-order valence-corrected chi connectivity index (χ1v) is 9.39. The topological polar surface area (TPSA) is 73.2 Å². The highest BCUT2D eigenvalue weighted by Crippen LogP contribution is 2.41. The third kappa shape index (κ3) is 3.15. The van der Waals surface area contributed by atoms with E-state index in [2.05, 4.69) is 29.0 Å². The van der Waals surface area contributed by atoms with Crippen LogP contribution in [0.2, 0.25) is 0 Å². The highest BCUT2D eigenvalue weighted by molar-refractivity contribution is 5.77. The van der Waals surface area contributed by atoms with Crippen LogP contribution >= 0.6 is 0 Å². The molecule has 3 unspecified atom stereocenters. The molecule has 6 heteroatoms. The molecular formula is C20H25N3O3. The van der Waals surface area contributed by atoms with Gasteiger partial charge in [0.2, 0.25) is 5.79 Å². The second-order valence-electron chi connectivity index (χ2n) is 6.93. The molecule has 0 radical (unpaired) electrons. The molecule has 0 aliphatic carbocycles. The quantitative estimate of drug-likeness (QED) is 0.718. The lowest BCUT2D eigenvalue weighted by molar-refractivity contribution is -0.328. The van der Waals surface area contributed by atoms with E-state index in [9.17, 15) is 0 Å². The van der Waals surface area contributed by atoms with Gasteiger partial charge < -0.3 is 13.9 Å². The van der Waals surface area contributed by atoms with Gasteiger partial charge in [0.25, 0.3) is 0 Å². The zero-order valence-corrected chi connectivity index (χ0v) is 15.3. The number of aromatic amines is 1. The van der Waals surface area contributed by atoms with E-state index >= 15 is 0 Å². The molecule has 3 heterocycles. The summed E-state index contributed by atoms with van der Waals surface area (Å²) >= 11 is 0. The number of benzene rings is 1. The van der Waals surface area contributed by atoms with Crippen LogP contribution in [0.1, 0.15) is 44.7 Å². The predicted molar refractivity (Wildman–Crippen MR) is 97.5 cm³/mol. The lowest BCUT2D eigenvalue weighted by Gasteiger charge is -2.43. The number of hydrogen-bond donors (Lipinski definition) is 1. The van der Waals surface area contributed by atoms with Crippen LogP contribution in [-0.4, -0.2) is 27.9 Å². The van der Waals surface area contributed by atoms with Crippen LogP contribution in [-0.2, 0) is 21.7 Å². The molecule has 0 bridgehead atoms. The fraction of sp³-hybridized carbons (Fsp3) is 0.500. The van der Waals surface area contributed by atoms with Gasteiger partial charge in [-0.2, -0.15) is 5.10 Å². The van der Waals surface area contributed by atoms with Crippen molar-refractivity contribution in [3.63, 3.8) is 0 Å². The number of ether oxygens (including phenoxy) is 2. The standard InChI is InChI=1S/C20H25N3O3/c1-3-7-17-14(4-2)12-24-20(26-17,11-19-21-13-22-23-19)18-10-15-8-5-6-9-16(15)25-18/h5-6,8-10,13-14,17H,3-4,7,11-12H2,1-2H3,(H,21,22,23). The van der Waals surface area contributed by atoms with Gasteiger partial charge in [-0.15, -0.1) is 0 Å². The molecule has 1 N–H and O–H groups in total. The zero-order chi connectivity index (χ0) is 18.0. The maximum absolute atomic E-state index is 6.60. The van der Waals surface area contributed by atoms with Crippen molar-refractivity contribution in [2.24, 2.45) is 5.92 Å². The third-order valence-corrected chi connectivity index (χ3v) is 5.16. The minimum absolute atomic E-state index is 0.134. The maximum Gasteiger partial charge on any atom is 0.235 e. The number of H-pyrrole nitrogens is 1. The molecule has 0 saturated carbocycles. The van der Waals surface area contributed by atoms with Crippen molar-refractivity contribution in [3.8, 4) is 0 Å². The SMILES string of the molecule is CCCC1OC(Cc2ncn[nH]2)(c2cc3ccccc3o2)OCC1CC. The van der Waals surface area contributed by atoms with Gasteiger partial charge in [-0.1, -0.05) is 38.5 Å². The predicted octanol–water partition coefficient (Wildman–Crippen LogP) is 4.19. The fourth-order valence-corrected chi connectivity index (χ4v) is 3.70. The Bertz CT molecular complexity index is 812. The summed E-state index contributed by atoms with van der Waals surface area (Å²) in [7, 11) is 0. The molecule has 1 aliphatic rings. The van der Waals surface area contributed by atoms with Crippen LogP contribution in [0.25, 0.3) is 11.0 Å². The summed E-state index contributed by atoms with van der Waals surface area (Å²) in [5, 5.41) is 7.92. The van der Waals surface area contributed by atoms with Gasteiger partial charge in [0.15, 0.2) is 5.76 Å². The van der Waals surface area contributed by atoms with Gasteiger partial charge in [-0.25, -0.2) is 4.98 Å². The van der Waals surface area contributed by atoms with E-state index in [1.807, 2.05) is 30.3 Å². The molecule has 3 atom stereocenters. The Morgan fingerprint density at radius 1 is 1.27 bits per heavy atom. The zero-order valence-electron chi connectivity index (χ0n) is 15.3. The minimum atomic E-state index is -0.982. The van der Waals surface area contributed by atoms with Crippen molar-refractivity contribution in [2.75, 3.05) is 6.61 Å². The molecule has 2 aromatic heterocycles. The van der Waals surface area contributed by atoms with E-state index in [-0.39, 0.29) is 6.10 Å². The first-order valence-electron chi connectivity index (χ1n) is 9.39. The van der Waals surface area contributed by atoms with Gasteiger partial charge in [0.1, 0.15) is 17.7 Å². The molecule has 1 aliphatic heterocycles. The number of furan rings is 1. The van der Waals surface area contributed by atoms with E-state index < -0.39 is 5.79 Å². The average Bonchev–Trinajstić information content (AvgIpc) is 3.31. The lowest BCUT2D eigenvalue weighted by atomic mass is 9.93. The number of nitrogens with one attached hydrogen (secondary N) is 1. The molecule has 6 nitrogen and oxygen atoms in total. The number of rotatable bonds is 6. The molecule has 138 valence electrons. The highest BCUT2D eigenvalue weighted by Gasteiger charge is 2.47. The van der Waals surface area contributed by atoms with Crippen molar-refractivity contribution in [3.05, 3.63) is 48.2 Å². The van der Waals surface area contributed by atoms with Crippen LogP contribution in [0.15, 0.2) is 41.1 Å². The van der Waals surface area contributed by atoms with Gasteiger partial charge in [0, 0.05) is 11.3 Å². The molecule has 0 spiro atoms. The highest BCUT2D eigenvalue weighted by atomic mass is 16.7. The van der Waals surface area contributed by atoms with Gasteiger partial charge in [-0.05, 0) is 25.0 Å². The van der Waals surface area contributed by atoms with Crippen LogP contribution in [0.5, 0.6) is 0 Å². The first-order chi connectivity index (χ1) is 12.7. The summed E-state index contributed by atoms with van der Waals surface area (Å²) in [5.41, 5.74) is 0.830. The summed E-state index contributed by atoms with van der Waals surface area (Å²) in [4.78, 5) is 4.28. The Balaban J connectivity index is 1.74. The Morgan fingerprint density at radius 3 is 2.88 bits per heavy atom. The lowest BCUT2D eigenvalue weighted by Crippen LogP contribution is -2.48. The summed E-state index contributed by atoms with van der Waals surface area (Å²) in [6.07, 6.45) is 5.17. The Morgan fingerprint density at radius 2 is 2.15 bits per heavy atom. The second kappa shape index (κ2) is 7.21. The van der Waals surface area contributed by atoms with Crippen LogP contribution in [0.4, 0.5) is 0 Å². The monoisotopic (exact) mass is 355 g/mol. The van der Waals surface area contributed by atoms with Crippen LogP contribution in [0, 0.1) is 5.92 Å². The largest absolute Gasteiger partial charge is 0.455 e. The smallest absolute Gasteiger partial charge is 0.235 e. The number of nitrogens with zero attached hydrogens (tertiary/aromatic N) is 2. The number of aromatic nitrogens is 3. The van der Waals surface area contributed by atoms with Crippen molar-refractivity contribution in [2.45, 2.75) is 51.4 Å². The molecule has 0 amide bonds. The van der Waals surface area contributed by atoms with E-state index in [0.29, 0.717) is 24.7 Å². The van der Waals surface area contributed by atoms with E-state index in [0.717, 1.165) is 36.1 Å². The summed E-state index contributed by atoms with van der Waals surface area (Å²) in [6, 6.07) is 9.98. The fourth-order valence-electron chi connectivity index (χ4n) is 3.70. The third-order valence-electron chi connectivity index (χ3n) is 5.16. The number of fused-ring (bicyclic) bond motifs is 1. The van der Waals surface area contributed by atoms with Gasteiger partial charge in [-0.3, -0.25) is 5.10 Å². The molecule has 1 fully saturated rings. The minimum Gasteiger partial charge on any atom is -0.455 e. The second-order valence-corrected chi connectivity index (χ2v) is 6.93. The van der Waals surface area contributed by atoms with Crippen molar-refractivity contribution in [1.29, 1.82) is 0 Å². The van der Waals surface area contributed by atoms with Crippen LogP contribution < -0.4 is 0 Å². The van der Waals surface area contributed by atoms with Crippen molar-refractivity contribution >= 4 is 11.0 Å². The summed E-state index contributed by atoms with van der Waals surface area (Å²) in [6.45, 7) is 5.02. The van der Waals surface area contributed by atoms with Crippen molar-refractivity contribution in [1.82, 2.24) is 15.2 Å². The van der Waals surface area contributed by atoms with E-state index in [1.165, 1.54) is 6.33 Å². The van der Waals surface area contributed by atoms with Gasteiger partial charge >= 0.3 is 0 Å². The molecule has 1 saturated heterocycles. The summed E-state index contributed by atoms with van der Waals surface area (Å²) in [5.74, 6) is 0.813. The molecule has 1 aromatic carbocycles. The Kier molecular flexibility index (Phi) is 4.78. The number of para-hydroxylation sites is 1. The molecular weight excluding hydrogens is 330 g/mol. The Labute approximate surface area is 152 Å². The molecule has 26 heavy (non-hydrogen) atoms. The Hall–Kier alpha value is -2.18. The van der Waals surface area contributed by atoms with Crippen LogP contribution in [0.3, 0.4) is 0 Å². The first kappa shape index (κ1) is 17.2. The summed E-state index contributed by atoms with van der Waals surface area (Å²) < 4.78 is 19.1. The number of hydrogen-bond acceptors (Lipinski definition) is 5. The maximum atomic E-state index is 6.60. The normalized spacial score (nSPS) is 26.4. The van der Waals surface area contributed by atoms with Gasteiger partial charge in [0.05, 0.1) is 19.1 Å².